The Morgan fingerprint density at radius 3 is 1.79 bits per heavy atom. The highest BCUT2D eigenvalue weighted by Crippen LogP contribution is 2.33. The van der Waals surface area contributed by atoms with E-state index in [-0.39, 0.29) is 11.1 Å². The van der Waals surface area contributed by atoms with Crippen molar-refractivity contribution >= 4 is 78.6 Å². The lowest BCUT2D eigenvalue weighted by Gasteiger charge is -2.35. The molecule has 0 aliphatic carbocycles. The molecule has 6 heterocycles. The summed E-state index contributed by atoms with van der Waals surface area (Å²) in [6, 6.07) is 28.7. The molecule has 0 radical (unpaired) electrons. The summed E-state index contributed by atoms with van der Waals surface area (Å²) in [5.74, 6) is -1.08. The molecule has 1 amide bonds. The number of nitrogens with zero attached hydrogens (tertiary/aromatic N) is 8. The van der Waals surface area contributed by atoms with Gasteiger partial charge in [-0.15, -0.1) is 0 Å². The van der Waals surface area contributed by atoms with Crippen LogP contribution in [-0.4, -0.2) is 125 Å². The van der Waals surface area contributed by atoms with Crippen LogP contribution in [0.15, 0.2) is 104 Å². The highest BCUT2D eigenvalue weighted by molar-refractivity contribution is 6.45. The first kappa shape index (κ1) is 44.7. The monoisotopic (exact) mass is 897 g/mol. The van der Waals surface area contributed by atoms with E-state index >= 15 is 0 Å². The Morgan fingerprint density at radius 2 is 1.19 bits per heavy atom. The van der Waals surface area contributed by atoms with Crippen molar-refractivity contribution in [2.24, 2.45) is 0 Å². The second-order valence-corrected chi connectivity index (χ2v) is 15.3. The van der Waals surface area contributed by atoms with Gasteiger partial charge in [0.1, 0.15) is 41.6 Å². The molecule has 0 unspecified atom stereocenters. The molecule has 4 N–H and O–H groups in total. The highest BCUT2D eigenvalue weighted by Gasteiger charge is 2.31. The number of benzene rings is 4. The molecule has 2 fully saturated rings. The number of rotatable bonds is 8. The number of carbonyl (C=O) groups excluding carboxylic acids is 3. The summed E-state index contributed by atoms with van der Waals surface area (Å²) < 4.78 is 10.5. The number of ether oxygens (including phenoxy) is 2. The van der Waals surface area contributed by atoms with E-state index in [9.17, 15) is 24.4 Å². The van der Waals surface area contributed by atoms with Gasteiger partial charge in [0.25, 0.3) is 17.5 Å². The first-order valence-corrected chi connectivity index (χ1v) is 21.2. The number of H-pyrrole nitrogens is 2. The van der Waals surface area contributed by atoms with Gasteiger partial charge in [0.15, 0.2) is 0 Å². The highest BCUT2D eigenvalue weighted by atomic mass is 16.5. The summed E-state index contributed by atoms with van der Waals surface area (Å²) >= 11 is 0. The first-order chi connectivity index (χ1) is 32.7. The van der Waals surface area contributed by atoms with Crippen molar-refractivity contribution in [3.8, 4) is 23.6 Å². The molecule has 18 heteroatoms. The van der Waals surface area contributed by atoms with Gasteiger partial charge in [-0.2, -0.15) is 10.5 Å². The first-order valence-electron chi connectivity index (χ1n) is 21.2. The van der Waals surface area contributed by atoms with E-state index < -0.39 is 23.4 Å². The van der Waals surface area contributed by atoms with Crippen molar-refractivity contribution < 1.29 is 33.8 Å². The number of para-hydroxylation sites is 1. The number of carboxylic acids is 1. The fraction of sp³-hybridized carbons (Fsp3) is 0.204. The number of aromatic amines is 2. The molecule has 4 aromatic carbocycles. The number of anilines is 2. The number of hydrogen-bond donors (Lipinski definition) is 4. The molecule has 2 aliphatic heterocycles. The number of aromatic nitrogens is 5. The van der Waals surface area contributed by atoms with Crippen LogP contribution in [0.25, 0.3) is 43.5 Å². The number of Topliss-reactive ketones (excluding diaryl/α,β-unsaturated/α-hetero) is 2. The average molecular weight is 898 g/mol. The van der Waals surface area contributed by atoms with E-state index in [1.807, 2.05) is 36.5 Å². The second-order valence-electron chi connectivity index (χ2n) is 15.3. The third-order valence-electron chi connectivity index (χ3n) is 11.6. The Labute approximate surface area is 383 Å². The summed E-state index contributed by atoms with van der Waals surface area (Å²) in [4.78, 5) is 73.4. The van der Waals surface area contributed by atoms with E-state index in [4.69, 9.17) is 19.8 Å². The maximum atomic E-state index is 13.1. The summed E-state index contributed by atoms with van der Waals surface area (Å²) in [5.41, 5.74) is 2.61. The van der Waals surface area contributed by atoms with Crippen LogP contribution < -0.4 is 24.6 Å². The van der Waals surface area contributed by atoms with Crippen molar-refractivity contribution in [3.63, 3.8) is 0 Å². The SMILES string of the molecule is COc1ccc(C#N)c2[nH]cc(C(=O)C(=O)N3CCN(c4ncnc5ccccc45)CC3)c12.COc1ccc(C#N)c2[nH]cc(C(=O)C(=O)O)c12.c1ccc2c(N3CCNCC3)nccc2c1. The number of nitriles is 2. The molecular weight excluding hydrogens is 855 g/mol. The standard InChI is InChI=1S/C24H20N6O3.C13H15N3.C12H8N2O4/c1-33-19-7-6-15(12-25)21-20(19)17(13-26-21)22(31)24(32)30-10-8-29(9-11-30)23-16-4-2-3-5-18(16)27-14-28-23;1-2-4-12-11(3-1)5-6-15-13(12)16-9-7-14-8-10-16;1-18-8-3-2-6(4-13)10-9(8)7(5-14-10)11(15)12(16)17/h2-7,13-14,26H,8-11H2,1H3;1-6,14H,7-10H2;2-3,5,14H,1H3,(H,16,17). The van der Waals surface area contributed by atoms with Crippen LogP contribution in [0.1, 0.15) is 31.8 Å². The van der Waals surface area contributed by atoms with Crippen molar-refractivity contribution in [1.29, 1.82) is 10.5 Å². The van der Waals surface area contributed by atoms with Gasteiger partial charge >= 0.3 is 5.97 Å². The minimum Gasteiger partial charge on any atom is -0.496 e. The molecule has 10 rings (SSSR count). The second kappa shape index (κ2) is 19.9. The smallest absolute Gasteiger partial charge is 0.377 e. The molecule has 8 aromatic rings. The van der Waals surface area contributed by atoms with Gasteiger partial charge in [-0.3, -0.25) is 14.4 Å². The van der Waals surface area contributed by atoms with E-state index in [2.05, 4.69) is 76.4 Å². The number of piperazine rings is 2. The molecule has 0 saturated carbocycles. The molecule has 18 nitrogen and oxygen atoms in total. The van der Waals surface area contributed by atoms with Crippen molar-refractivity contribution in [2.75, 3.05) is 76.4 Å². The number of fused-ring (bicyclic) bond motifs is 4. The lowest BCUT2D eigenvalue weighted by molar-refractivity contribution is -0.131. The summed E-state index contributed by atoms with van der Waals surface area (Å²) in [6.07, 6.45) is 6.18. The number of methoxy groups -OCH3 is 2. The maximum absolute atomic E-state index is 13.1. The molecule has 0 spiro atoms. The lowest BCUT2D eigenvalue weighted by Crippen LogP contribution is -2.51. The number of hydrogen-bond acceptors (Lipinski definition) is 14. The van der Waals surface area contributed by atoms with E-state index in [0.29, 0.717) is 70.6 Å². The molecular formula is C49H43N11O7. The van der Waals surface area contributed by atoms with E-state index in [1.165, 1.54) is 49.5 Å². The number of carbonyl (C=O) groups is 4. The van der Waals surface area contributed by atoms with Crippen LogP contribution in [0.2, 0.25) is 0 Å². The van der Waals surface area contributed by atoms with Crippen LogP contribution in [0.5, 0.6) is 11.5 Å². The Kier molecular flexibility index (Phi) is 13.3. The van der Waals surface area contributed by atoms with Gasteiger partial charge in [0, 0.05) is 81.7 Å². The van der Waals surface area contributed by atoms with Crippen molar-refractivity contribution in [2.45, 2.75) is 0 Å². The molecule has 4 aromatic heterocycles. The zero-order valence-corrected chi connectivity index (χ0v) is 36.4. The summed E-state index contributed by atoms with van der Waals surface area (Å²) in [5, 5.41) is 34.6. The van der Waals surface area contributed by atoms with Gasteiger partial charge in [0.05, 0.1) is 63.8 Å². The zero-order chi connectivity index (χ0) is 47.0. The van der Waals surface area contributed by atoms with E-state index in [1.54, 1.807) is 23.4 Å². The average Bonchev–Trinajstić information content (AvgIpc) is 4.04. The molecule has 336 valence electrons. The Bertz CT molecular complexity index is 3250. The number of pyridine rings is 1. The number of amides is 1. The number of nitrogens with one attached hydrogen (secondary N) is 3. The third-order valence-corrected chi connectivity index (χ3v) is 11.6. The Morgan fingerprint density at radius 1 is 0.642 bits per heavy atom. The number of aliphatic carboxylic acids is 1. The Hall–Kier alpha value is -8.87. The predicted octanol–water partition coefficient (Wildman–Crippen LogP) is 5.48. The van der Waals surface area contributed by atoms with Gasteiger partial charge < -0.3 is 44.6 Å². The summed E-state index contributed by atoms with van der Waals surface area (Å²) in [7, 11) is 2.89. The number of ketones is 2. The van der Waals surface area contributed by atoms with Crippen LogP contribution in [0, 0.1) is 22.7 Å². The Balaban J connectivity index is 0.000000150. The zero-order valence-electron chi connectivity index (χ0n) is 36.4. The minimum absolute atomic E-state index is 0.0218. The molecule has 0 atom stereocenters. The third kappa shape index (κ3) is 8.97. The molecule has 2 aliphatic rings. The minimum atomic E-state index is -1.56. The predicted molar refractivity (Wildman–Crippen MR) is 251 cm³/mol. The quantitative estimate of drug-likeness (QED) is 0.109. The van der Waals surface area contributed by atoms with Crippen LogP contribution >= 0.6 is 0 Å². The maximum Gasteiger partial charge on any atom is 0.377 e. The largest absolute Gasteiger partial charge is 0.496 e. The molecule has 2 saturated heterocycles. The summed E-state index contributed by atoms with van der Waals surface area (Å²) in [6.45, 7) is 6.07. The van der Waals surface area contributed by atoms with Crippen LogP contribution in [0.4, 0.5) is 11.6 Å². The normalized spacial score (nSPS) is 13.5. The molecule has 0 bridgehead atoms. The fourth-order valence-electron chi connectivity index (χ4n) is 8.29. The van der Waals surface area contributed by atoms with E-state index in [0.717, 1.165) is 48.7 Å². The molecule has 67 heavy (non-hydrogen) atoms. The number of carboxylic acid groups (broad SMARTS) is 1. The van der Waals surface area contributed by atoms with Gasteiger partial charge in [-0.05, 0) is 47.9 Å². The van der Waals surface area contributed by atoms with Crippen molar-refractivity contribution in [1.82, 2.24) is 35.1 Å². The van der Waals surface area contributed by atoms with Crippen LogP contribution in [0.3, 0.4) is 0 Å². The van der Waals surface area contributed by atoms with Crippen molar-refractivity contribution in [3.05, 3.63) is 126 Å². The van der Waals surface area contributed by atoms with Gasteiger partial charge in [0.2, 0.25) is 0 Å². The topological polar surface area (TPSA) is 247 Å². The van der Waals surface area contributed by atoms with Crippen LogP contribution in [-0.2, 0) is 9.59 Å². The lowest BCUT2D eigenvalue weighted by atomic mass is 10.0. The van der Waals surface area contributed by atoms with Gasteiger partial charge in [-0.1, -0.05) is 36.4 Å². The fourth-order valence-corrected chi connectivity index (χ4v) is 8.29. The van der Waals surface area contributed by atoms with Gasteiger partial charge in [-0.25, -0.2) is 19.7 Å².